The number of nitrogens with zero attached hydrogens (tertiary/aromatic N) is 5. The highest BCUT2D eigenvalue weighted by molar-refractivity contribution is 7.18. The Morgan fingerprint density at radius 1 is 1.33 bits per heavy atom. The van der Waals surface area contributed by atoms with Crippen LogP contribution in [0.2, 0.25) is 0 Å². The topological polar surface area (TPSA) is 72.5 Å². The van der Waals surface area contributed by atoms with Gasteiger partial charge in [-0.3, -0.25) is 4.79 Å². The van der Waals surface area contributed by atoms with Gasteiger partial charge in [0, 0.05) is 18.0 Å². The second kappa shape index (κ2) is 7.07. The summed E-state index contributed by atoms with van der Waals surface area (Å²) >= 11 is 1.62. The largest absolute Gasteiger partial charge is 0.352 e. The molecule has 7 nitrogen and oxygen atoms in total. The lowest BCUT2D eigenvalue weighted by molar-refractivity contribution is -0.133. The fourth-order valence-electron chi connectivity index (χ4n) is 4.13. The van der Waals surface area contributed by atoms with Gasteiger partial charge in [0.2, 0.25) is 5.91 Å². The van der Waals surface area contributed by atoms with E-state index in [0.717, 1.165) is 42.3 Å². The zero-order valence-corrected chi connectivity index (χ0v) is 16.9. The first-order valence-electron chi connectivity index (χ1n) is 9.63. The van der Waals surface area contributed by atoms with Crippen LogP contribution in [0.15, 0.2) is 11.1 Å². The van der Waals surface area contributed by atoms with Gasteiger partial charge >= 0.3 is 5.69 Å². The summed E-state index contributed by atoms with van der Waals surface area (Å²) < 4.78 is 2.74. The van der Waals surface area contributed by atoms with Crippen LogP contribution in [0.5, 0.6) is 0 Å². The molecule has 0 saturated heterocycles. The number of thiophene rings is 1. The van der Waals surface area contributed by atoms with Crippen LogP contribution in [0, 0.1) is 6.92 Å². The first-order valence-corrected chi connectivity index (χ1v) is 10.4. The monoisotopic (exact) mass is 387 g/mol. The molecular formula is C19H25N5O2S. The molecule has 0 atom stereocenters. The average molecular weight is 388 g/mol. The molecule has 1 saturated carbocycles. The normalized spacial score (nSPS) is 15.7. The van der Waals surface area contributed by atoms with Gasteiger partial charge in [-0.15, -0.1) is 16.4 Å². The third-order valence-corrected chi connectivity index (χ3v) is 6.78. The van der Waals surface area contributed by atoms with Crippen LogP contribution in [-0.4, -0.2) is 43.1 Å². The fraction of sp³-hybridized carbons (Fsp3) is 0.579. The summed E-state index contributed by atoms with van der Waals surface area (Å²) in [5, 5.41) is 5.45. The minimum atomic E-state index is -0.310. The minimum Gasteiger partial charge on any atom is -0.341 e. The Balaban J connectivity index is 1.70. The van der Waals surface area contributed by atoms with Crippen molar-refractivity contribution in [1.29, 1.82) is 0 Å². The predicted octanol–water partition coefficient (Wildman–Crippen LogP) is 2.77. The molecule has 1 aliphatic rings. The van der Waals surface area contributed by atoms with Gasteiger partial charge in [-0.05, 0) is 31.7 Å². The van der Waals surface area contributed by atoms with Gasteiger partial charge in [0.25, 0.3) is 0 Å². The van der Waals surface area contributed by atoms with Crippen molar-refractivity contribution in [3.63, 3.8) is 0 Å². The highest BCUT2D eigenvalue weighted by Crippen LogP contribution is 2.31. The lowest BCUT2D eigenvalue weighted by Gasteiger charge is -2.31. The molecule has 8 heteroatoms. The summed E-state index contributed by atoms with van der Waals surface area (Å²) in [7, 11) is 1.84. The van der Waals surface area contributed by atoms with Gasteiger partial charge in [0.1, 0.15) is 17.7 Å². The number of aryl methyl sites for hydroxylation is 2. The molecule has 3 heterocycles. The molecule has 0 unspecified atom stereocenters. The van der Waals surface area contributed by atoms with E-state index >= 15 is 0 Å². The molecule has 0 radical (unpaired) electrons. The maximum Gasteiger partial charge on any atom is 0.352 e. The molecule has 1 fully saturated rings. The van der Waals surface area contributed by atoms with Crippen LogP contribution >= 0.6 is 11.3 Å². The number of carbonyl (C=O) groups is 1. The van der Waals surface area contributed by atoms with E-state index in [-0.39, 0.29) is 24.2 Å². The average Bonchev–Trinajstić information content (AvgIpc) is 3.17. The fourth-order valence-corrected chi connectivity index (χ4v) is 5.21. The van der Waals surface area contributed by atoms with Crippen LogP contribution in [-0.2, 0) is 17.8 Å². The number of carbonyl (C=O) groups excluding carboxylic acids is 1. The highest BCUT2D eigenvalue weighted by Gasteiger charge is 2.24. The predicted molar refractivity (Wildman–Crippen MR) is 106 cm³/mol. The Morgan fingerprint density at radius 2 is 2.07 bits per heavy atom. The summed E-state index contributed by atoms with van der Waals surface area (Å²) in [6.07, 6.45) is 8.04. The number of aromatic nitrogens is 4. The van der Waals surface area contributed by atoms with Crippen molar-refractivity contribution in [2.24, 2.45) is 0 Å². The van der Waals surface area contributed by atoms with Crippen LogP contribution in [0.3, 0.4) is 0 Å². The molecule has 3 aromatic rings. The van der Waals surface area contributed by atoms with E-state index < -0.39 is 0 Å². The summed E-state index contributed by atoms with van der Waals surface area (Å²) in [6, 6.07) is 0.276. The van der Waals surface area contributed by atoms with E-state index in [0.29, 0.717) is 5.65 Å². The van der Waals surface area contributed by atoms with E-state index in [9.17, 15) is 9.59 Å². The van der Waals surface area contributed by atoms with E-state index in [2.05, 4.69) is 23.9 Å². The van der Waals surface area contributed by atoms with Crippen molar-refractivity contribution in [3.8, 4) is 0 Å². The maximum absolute atomic E-state index is 12.8. The number of hydrogen-bond donors (Lipinski definition) is 0. The molecule has 1 aliphatic carbocycles. The molecule has 0 aliphatic heterocycles. The molecule has 4 rings (SSSR count). The second-order valence-electron chi connectivity index (χ2n) is 7.35. The standard InChI is InChI=1S/C19H25N5O2S/c1-4-14-12(2)27-18-16(14)17-21-24(19(26)23(17)11-20-18)10-15(25)22(3)13-8-6-5-7-9-13/h11,13H,4-10H2,1-3H3. The summed E-state index contributed by atoms with van der Waals surface area (Å²) in [5.74, 6) is -0.0613. The van der Waals surface area contributed by atoms with Crippen molar-refractivity contribution >= 4 is 33.1 Å². The van der Waals surface area contributed by atoms with Crippen molar-refractivity contribution in [2.45, 2.75) is 65.0 Å². The smallest absolute Gasteiger partial charge is 0.341 e. The van der Waals surface area contributed by atoms with Gasteiger partial charge in [0.15, 0.2) is 5.65 Å². The molecule has 0 N–H and O–H groups in total. The second-order valence-corrected chi connectivity index (χ2v) is 8.55. The van der Waals surface area contributed by atoms with Crippen LogP contribution in [0.1, 0.15) is 49.5 Å². The Kier molecular flexibility index (Phi) is 4.75. The summed E-state index contributed by atoms with van der Waals surface area (Å²) in [4.78, 5) is 33.8. The van der Waals surface area contributed by atoms with Crippen molar-refractivity contribution in [3.05, 3.63) is 27.3 Å². The Labute approximate surface area is 161 Å². The summed E-state index contributed by atoms with van der Waals surface area (Å²) in [5.41, 5.74) is 1.46. The molecule has 0 aromatic carbocycles. The van der Waals surface area contributed by atoms with Crippen LogP contribution in [0.25, 0.3) is 15.9 Å². The first kappa shape index (κ1) is 18.2. The van der Waals surface area contributed by atoms with E-state index in [1.54, 1.807) is 16.2 Å². The number of amides is 1. The summed E-state index contributed by atoms with van der Waals surface area (Å²) in [6.45, 7) is 4.13. The number of hydrogen-bond acceptors (Lipinski definition) is 5. The molecule has 0 bridgehead atoms. The molecule has 27 heavy (non-hydrogen) atoms. The third-order valence-electron chi connectivity index (χ3n) is 5.73. The van der Waals surface area contributed by atoms with E-state index in [1.165, 1.54) is 32.3 Å². The van der Waals surface area contributed by atoms with Crippen molar-refractivity contribution < 1.29 is 4.79 Å². The van der Waals surface area contributed by atoms with E-state index in [1.807, 2.05) is 7.05 Å². The quantitative estimate of drug-likeness (QED) is 0.690. The zero-order chi connectivity index (χ0) is 19.1. The highest BCUT2D eigenvalue weighted by atomic mass is 32.1. The van der Waals surface area contributed by atoms with E-state index in [4.69, 9.17) is 0 Å². The number of fused-ring (bicyclic) bond motifs is 3. The van der Waals surface area contributed by atoms with Gasteiger partial charge in [0.05, 0.1) is 5.39 Å². The molecule has 0 spiro atoms. The van der Waals surface area contributed by atoms with Crippen LogP contribution < -0.4 is 5.69 Å². The van der Waals surface area contributed by atoms with Crippen molar-refractivity contribution in [1.82, 2.24) is 24.1 Å². The van der Waals surface area contributed by atoms with Crippen LogP contribution in [0.4, 0.5) is 0 Å². The molecule has 144 valence electrons. The van der Waals surface area contributed by atoms with Crippen molar-refractivity contribution in [2.75, 3.05) is 7.05 Å². The van der Waals surface area contributed by atoms with Gasteiger partial charge < -0.3 is 4.90 Å². The number of likely N-dealkylation sites (N-methyl/N-ethyl adjacent to an activating group) is 1. The Hall–Kier alpha value is -2.22. The van der Waals surface area contributed by atoms with Gasteiger partial charge in [-0.2, -0.15) is 0 Å². The zero-order valence-electron chi connectivity index (χ0n) is 16.1. The molecular weight excluding hydrogens is 362 g/mol. The first-order chi connectivity index (χ1) is 13.0. The minimum absolute atomic E-state index is 0.0282. The van der Waals surface area contributed by atoms with Gasteiger partial charge in [-0.25, -0.2) is 18.9 Å². The third kappa shape index (κ3) is 3.05. The molecule has 3 aromatic heterocycles. The maximum atomic E-state index is 12.8. The number of rotatable bonds is 4. The Morgan fingerprint density at radius 3 is 2.78 bits per heavy atom. The SMILES string of the molecule is CCc1c(C)sc2ncn3c(=O)n(CC(=O)N(C)C4CCCCC4)nc3c12. The lowest BCUT2D eigenvalue weighted by atomic mass is 9.94. The lowest BCUT2D eigenvalue weighted by Crippen LogP contribution is -2.41. The van der Waals surface area contributed by atoms with Gasteiger partial charge in [-0.1, -0.05) is 26.2 Å². The molecule has 1 amide bonds. The Bertz CT molecular complexity index is 1060.